The van der Waals surface area contributed by atoms with E-state index in [1.807, 2.05) is 30.3 Å². The Morgan fingerprint density at radius 1 is 1.36 bits per heavy atom. The number of aromatic nitrogens is 2. The maximum atomic E-state index is 12.4. The number of amides is 2. The van der Waals surface area contributed by atoms with Crippen LogP contribution in [0.25, 0.3) is 11.5 Å². The Bertz CT molecular complexity index is 776. The molecule has 1 aliphatic rings. The Balaban J connectivity index is 1.63. The molecule has 0 aliphatic carbocycles. The Morgan fingerprint density at radius 2 is 2.08 bits per heavy atom. The summed E-state index contributed by atoms with van der Waals surface area (Å²) in [5, 5.41) is 16.0. The summed E-state index contributed by atoms with van der Waals surface area (Å²) in [5.41, 5.74) is -0.0933. The van der Waals surface area contributed by atoms with E-state index in [0.29, 0.717) is 24.7 Å². The van der Waals surface area contributed by atoms with E-state index in [1.54, 1.807) is 13.8 Å². The Labute approximate surface area is 144 Å². The van der Waals surface area contributed by atoms with Crippen molar-refractivity contribution in [3.8, 4) is 11.5 Å². The number of nitrogens with one attached hydrogen (secondary N) is 1. The third-order valence-electron chi connectivity index (χ3n) is 4.47. The molecule has 132 valence electrons. The zero-order valence-corrected chi connectivity index (χ0v) is 14.1. The average molecular weight is 344 g/mol. The molecule has 0 saturated carbocycles. The topological polar surface area (TPSA) is 109 Å². The summed E-state index contributed by atoms with van der Waals surface area (Å²) in [5.74, 6) is -0.134. The number of carboxylic acids is 1. The van der Waals surface area contributed by atoms with Crippen molar-refractivity contribution in [2.24, 2.45) is 5.41 Å². The molecule has 8 heteroatoms. The van der Waals surface area contributed by atoms with E-state index in [2.05, 4.69) is 15.5 Å². The van der Waals surface area contributed by atoms with Gasteiger partial charge >= 0.3 is 12.0 Å². The van der Waals surface area contributed by atoms with Crippen LogP contribution in [0, 0.1) is 5.41 Å². The lowest BCUT2D eigenvalue weighted by molar-refractivity contribution is -0.147. The van der Waals surface area contributed by atoms with Crippen molar-refractivity contribution in [1.82, 2.24) is 20.4 Å². The number of urea groups is 1. The number of hydrogen-bond acceptors (Lipinski definition) is 5. The SMILES string of the molecule is CC(NC(=O)N1CCC(C)(C(=O)O)C1)c1noc(-c2ccccc2)n1. The third kappa shape index (κ3) is 3.47. The Kier molecular flexibility index (Phi) is 4.43. The number of benzene rings is 1. The molecule has 25 heavy (non-hydrogen) atoms. The largest absolute Gasteiger partial charge is 0.481 e. The number of carboxylic acid groups (broad SMARTS) is 1. The quantitative estimate of drug-likeness (QED) is 0.881. The molecular weight excluding hydrogens is 324 g/mol. The van der Waals surface area contributed by atoms with Crippen LogP contribution in [0.1, 0.15) is 32.1 Å². The fraction of sp³-hybridized carbons (Fsp3) is 0.412. The maximum Gasteiger partial charge on any atom is 0.318 e. The molecule has 0 bridgehead atoms. The highest BCUT2D eigenvalue weighted by Gasteiger charge is 2.42. The molecule has 0 spiro atoms. The van der Waals surface area contributed by atoms with Gasteiger partial charge in [0.25, 0.3) is 5.89 Å². The highest BCUT2D eigenvalue weighted by molar-refractivity contribution is 5.79. The minimum atomic E-state index is -0.896. The van der Waals surface area contributed by atoms with Crippen molar-refractivity contribution in [3.05, 3.63) is 36.2 Å². The van der Waals surface area contributed by atoms with Crippen molar-refractivity contribution in [2.45, 2.75) is 26.3 Å². The van der Waals surface area contributed by atoms with Crippen LogP contribution in [0.15, 0.2) is 34.9 Å². The molecule has 2 amide bonds. The minimum Gasteiger partial charge on any atom is -0.481 e. The van der Waals surface area contributed by atoms with Gasteiger partial charge in [-0.15, -0.1) is 0 Å². The normalized spacial score (nSPS) is 21.1. The molecule has 1 fully saturated rings. The van der Waals surface area contributed by atoms with E-state index >= 15 is 0 Å². The molecule has 2 heterocycles. The highest BCUT2D eigenvalue weighted by Crippen LogP contribution is 2.30. The number of nitrogens with zero attached hydrogens (tertiary/aromatic N) is 3. The molecular formula is C17H20N4O4. The Hall–Kier alpha value is -2.90. The number of hydrogen-bond donors (Lipinski definition) is 2. The lowest BCUT2D eigenvalue weighted by atomic mass is 9.90. The highest BCUT2D eigenvalue weighted by atomic mass is 16.5. The van der Waals surface area contributed by atoms with Crippen LogP contribution in [-0.2, 0) is 4.79 Å². The van der Waals surface area contributed by atoms with E-state index in [9.17, 15) is 14.7 Å². The summed E-state index contributed by atoms with van der Waals surface area (Å²) in [6.45, 7) is 3.99. The number of carbonyl (C=O) groups excluding carboxylic acids is 1. The summed E-state index contributed by atoms with van der Waals surface area (Å²) in [4.78, 5) is 29.4. The summed E-state index contributed by atoms with van der Waals surface area (Å²) in [6.07, 6.45) is 0.435. The molecule has 2 unspecified atom stereocenters. The van der Waals surface area contributed by atoms with Gasteiger partial charge < -0.3 is 19.8 Å². The molecule has 3 rings (SSSR count). The van der Waals surface area contributed by atoms with Gasteiger partial charge in [0, 0.05) is 18.7 Å². The molecule has 8 nitrogen and oxygen atoms in total. The van der Waals surface area contributed by atoms with Crippen LogP contribution >= 0.6 is 0 Å². The van der Waals surface area contributed by atoms with Crippen molar-refractivity contribution in [1.29, 1.82) is 0 Å². The second-order valence-electron chi connectivity index (χ2n) is 6.53. The second kappa shape index (κ2) is 6.54. The number of aliphatic carboxylic acids is 1. The van der Waals surface area contributed by atoms with Crippen LogP contribution < -0.4 is 5.32 Å². The predicted octanol–water partition coefficient (Wildman–Crippen LogP) is 2.30. The van der Waals surface area contributed by atoms with E-state index < -0.39 is 17.4 Å². The van der Waals surface area contributed by atoms with Gasteiger partial charge in [-0.25, -0.2) is 4.79 Å². The number of carbonyl (C=O) groups is 2. The smallest absolute Gasteiger partial charge is 0.318 e. The van der Waals surface area contributed by atoms with Crippen LogP contribution in [0.2, 0.25) is 0 Å². The maximum absolute atomic E-state index is 12.4. The standard InChI is InChI=1S/C17H20N4O4/c1-11(13-19-14(25-20-13)12-6-4-3-5-7-12)18-16(24)21-9-8-17(2,10-21)15(22)23/h3-7,11H,8-10H2,1-2H3,(H,18,24)(H,22,23). The van der Waals surface area contributed by atoms with Gasteiger partial charge in [-0.2, -0.15) is 4.98 Å². The van der Waals surface area contributed by atoms with Gasteiger partial charge in [0.05, 0.1) is 11.5 Å². The molecule has 1 saturated heterocycles. The van der Waals surface area contributed by atoms with Crippen molar-refractivity contribution in [2.75, 3.05) is 13.1 Å². The summed E-state index contributed by atoms with van der Waals surface area (Å²) in [7, 11) is 0. The van der Waals surface area contributed by atoms with E-state index in [-0.39, 0.29) is 12.6 Å². The van der Waals surface area contributed by atoms with Gasteiger partial charge in [-0.05, 0) is 32.4 Å². The van der Waals surface area contributed by atoms with Crippen molar-refractivity contribution < 1.29 is 19.2 Å². The first-order chi connectivity index (χ1) is 11.9. The molecule has 2 N–H and O–H groups in total. The summed E-state index contributed by atoms with van der Waals surface area (Å²) < 4.78 is 5.24. The van der Waals surface area contributed by atoms with Crippen LogP contribution in [0.3, 0.4) is 0 Å². The lowest BCUT2D eigenvalue weighted by Crippen LogP contribution is -2.42. The molecule has 0 radical (unpaired) electrons. The summed E-state index contributed by atoms with van der Waals surface area (Å²) in [6, 6.07) is 8.57. The summed E-state index contributed by atoms with van der Waals surface area (Å²) >= 11 is 0. The zero-order chi connectivity index (χ0) is 18.0. The van der Waals surface area contributed by atoms with Crippen molar-refractivity contribution in [3.63, 3.8) is 0 Å². The monoisotopic (exact) mass is 344 g/mol. The molecule has 1 aliphatic heterocycles. The van der Waals surface area contributed by atoms with Crippen LogP contribution in [-0.4, -0.2) is 45.2 Å². The lowest BCUT2D eigenvalue weighted by Gasteiger charge is -2.21. The van der Waals surface area contributed by atoms with Gasteiger partial charge in [0.15, 0.2) is 5.82 Å². The minimum absolute atomic E-state index is 0.183. The van der Waals surface area contributed by atoms with Crippen LogP contribution in [0.5, 0.6) is 0 Å². The van der Waals surface area contributed by atoms with E-state index in [0.717, 1.165) is 5.56 Å². The first kappa shape index (κ1) is 16.9. The number of likely N-dealkylation sites (tertiary alicyclic amines) is 1. The fourth-order valence-corrected chi connectivity index (χ4v) is 2.76. The van der Waals surface area contributed by atoms with E-state index in [1.165, 1.54) is 4.90 Å². The third-order valence-corrected chi connectivity index (χ3v) is 4.47. The van der Waals surface area contributed by atoms with Gasteiger partial charge in [-0.3, -0.25) is 4.79 Å². The average Bonchev–Trinajstić information content (AvgIpc) is 3.23. The van der Waals surface area contributed by atoms with Crippen LogP contribution in [0.4, 0.5) is 4.79 Å². The van der Waals surface area contributed by atoms with Gasteiger partial charge in [0.1, 0.15) is 0 Å². The molecule has 2 aromatic rings. The predicted molar refractivity (Wildman–Crippen MR) is 88.6 cm³/mol. The van der Waals surface area contributed by atoms with Gasteiger partial charge in [0.2, 0.25) is 0 Å². The fourth-order valence-electron chi connectivity index (χ4n) is 2.76. The molecule has 1 aromatic carbocycles. The molecule has 2 atom stereocenters. The first-order valence-electron chi connectivity index (χ1n) is 8.07. The zero-order valence-electron chi connectivity index (χ0n) is 14.1. The second-order valence-corrected chi connectivity index (χ2v) is 6.53. The number of rotatable bonds is 4. The first-order valence-corrected chi connectivity index (χ1v) is 8.07. The van der Waals surface area contributed by atoms with Gasteiger partial charge in [-0.1, -0.05) is 23.4 Å². The van der Waals surface area contributed by atoms with Crippen molar-refractivity contribution >= 4 is 12.0 Å². The van der Waals surface area contributed by atoms with E-state index in [4.69, 9.17) is 4.52 Å². The Morgan fingerprint density at radius 3 is 2.72 bits per heavy atom. The molecule has 1 aromatic heterocycles.